The van der Waals surface area contributed by atoms with Crippen LogP contribution >= 0.6 is 11.6 Å². The van der Waals surface area contributed by atoms with Crippen molar-refractivity contribution in [1.82, 2.24) is 9.97 Å². The second-order valence-electron chi connectivity index (χ2n) is 3.27. The van der Waals surface area contributed by atoms with Crippen molar-refractivity contribution in [2.75, 3.05) is 18.1 Å². The predicted octanol–water partition coefficient (Wildman–Crippen LogP) is 2.22. The van der Waals surface area contributed by atoms with Crippen LogP contribution in [0.1, 0.15) is 5.82 Å². The van der Waals surface area contributed by atoms with Crippen LogP contribution in [0.3, 0.4) is 0 Å². The number of hydrogen-bond acceptors (Lipinski definition) is 4. The molecule has 0 amide bonds. The summed E-state index contributed by atoms with van der Waals surface area (Å²) in [5, 5.41) is 4.21. The number of nitrogen functional groups attached to an aromatic ring is 1. The molecule has 0 fully saturated rings. The second-order valence-corrected chi connectivity index (χ2v) is 3.63. The molecular formula is C10H11ClN4. The van der Waals surface area contributed by atoms with Crippen molar-refractivity contribution in [3.8, 4) is 0 Å². The van der Waals surface area contributed by atoms with Gasteiger partial charge in [-0.25, -0.2) is 9.97 Å². The number of nitrogens with zero attached hydrogens (tertiary/aromatic N) is 2. The summed E-state index contributed by atoms with van der Waals surface area (Å²) < 4.78 is 0. The molecule has 1 heterocycles. The predicted molar refractivity (Wildman–Crippen MR) is 63.2 cm³/mol. The highest BCUT2D eigenvalue weighted by Crippen LogP contribution is 2.28. The van der Waals surface area contributed by atoms with E-state index in [1.165, 1.54) is 0 Å². The molecule has 0 saturated carbocycles. The molecule has 15 heavy (non-hydrogen) atoms. The van der Waals surface area contributed by atoms with Gasteiger partial charge in [0.2, 0.25) is 0 Å². The Morgan fingerprint density at radius 2 is 2.07 bits per heavy atom. The standard InChI is InChI=1S/C10H11ClN4/c1-5-14-8-4-9(13-2)7(12)3-6(8)10(11)15-5/h3-4,13H,12H2,1-2H3. The van der Waals surface area contributed by atoms with Crippen LogP contribution in [-0.4, -0.2) is 17.0 Å². The SMILES string of the molecule is CNc1cc2nc(C)nc(Cl)c2cc1N. The van der Waals surface area contributed by atoms with Crippen molar-refractivity contribution >= 4 is 33.9 Å². The molecule has 0 saturated heterocycles. The maximum Gasteiger partial charge on any atom is 0.140 e. The van der Waals surface area contributed by atoms with Gasteiger partial charge in [0, 0.05) is 12.4 Å². The van der Waals surface area contributed by atoms with Crippen LogP contribution < -0.4 is 11.1 Å². The number of hydrogen-bond donors (Lipinski definition) is 2. The Morgan fingerprint density at radius 3 is 2.73 bits per heavy atom. The number of fused-ring (bicyclic) bond motifs is 1. The Bertz CT molecular complexity index is 524. The molecule has 1 aromatic carbocycles. The van der Waals surface area contributed by atoms with E-state index in [1.807, 2.05) is 13.1 Å². The van der Waals surface area contributed by atoms with Crippen LogP contribution in [-0.2, 0) is 0 Å². The maximum atomic E-state index is 6.00. The van der Waals surface area contributed by atoms with E-state index in [0.29, 0.717) is 16.7 Å². The van der Waals surface area contributed by atoms with Crippen LogP contribution in [0.4, 0.5) is 11.4 Å². The summed E-state index contributed by atoms with van der Waals surface area (Å²) in [5.41, 5.74) is 8.11. The molecule has 0 spiro atoms. The minimum absolute atomic E-state index is 0.437. The first-order chi connectivity index (χ1) is 7.11. The third-order valence-corrected chi connectivity index (χ3v) is 2.49. The molecule has 3 N–H and O–H groups in total. The summed E-state index contributed by atoms with van der Waals surface area (Å²) in [6.07, 6.45) is 0. The zero-order chi connectivity index (χ0) is 11.0. The third kappa shape index (κ3) is 1.68. The van der Waals surface area contributed by atoms with E-state index in [1.54, 1.807) is 13.0 Å². The fourth-order valence-corrected chi connectivity index (χ4v) is 1.75. The van der Waals surface area contributed by atoms with E-state index >= 15 is 0 Å². The van der Waals surface area contributed by atoms with Crippen molar-refractivity contribution in [3.63, 3.8) is 0 Å². The van der Waals surface area contributed by atoms with Crippen molar-refractivity contribution in [2.45, 2.75) is 6.92 Å². The lowest BCUT2D eigenvalue weighted by Gasteiger charge is -2.07. The number of benzene rings is 1. The Morgan fingerprint density at radius 1 is 1.33 bits per heavy atom. The Hall–Kier alpha value is -1.55. The number of halogens is 1. The van der Waals surface area contributed by atoms with E-state index in [9.17, 15) is 0 Å². The Kier molecular flexibility index (Phi) is 2.36. The lowest BCUT2D eigenvalue weighted by atomic mass is 10.2. The minimum atomic E-state index is 0.437. The van der Waals surface area contributed by atoms with Crippen LogP contribution in [0.25, 0.3) is 10.9 Å². The number of nitrogens with one attached hydrogen (secondary N) is 1. The number of rotatable bonds is 1. The first-order valence-electron chi connectivity index (χ1n) is 4.53. The van der Waals surface area contributed by atoms with Gasteiger partial charge in [-0.2, -0.15) is 0 Å². The number of aromatic nitrogens is 2. The highest BCUT2D eigenvalue weighted by atomic mass is 35.5. The summed E-state index contributed by atoms with van der Waals surface area (Å²) in [4.78, 5) is 8.37. The average molecular weight is 223 g/mol. The topological polar surface area (TPSA) is 63.8 Å². The smallest absolute Gasteiger partial charge is 0.140 e. The van der Waals surface area contributed by atoms with E-state index in [4.69, 9.17) is 17.3 Å². The monoisotopic (exact) mass is 222 g/mol. The fourth-order valence-electron chi connectivity index (χ4n) is 1.48. The normalized spacial score (nSPS) is 10.6. The number of nitrogens with two attached hydrogens (primary N) is 1. The summed E-state index contributed by atoms with van der Waals surface area (Å²) in [6.45, 7) is 1.81. The lowest BCUT2D eigenvalue weighted by Crippen LogP contribution is -1.98. The first-order valence-corrected chi connectivity index (χ1v) is 4.90. The number of aryl methyl sites for hydroxylation is 1. The zero-order valence-corrected chi connectivity index (χ0v) is 9.26. The van der Waals surface area contributed by atoms with E-state index in [0.717, 1.165) is 16.6 Å². The van der Waals surface area contributed by atoms with Crippen LogP contribution in [0, 0.1) is 6.92 Å². The fraction of sp³-hybridized carbons (Fsp3) is 0.200. The third-order valence-electron chi connectivity index (χ3n) is 2.20. The minimum Gasteiger partial charge on any atom is -0.397 e. The van der Waals surface area contributed by atoms with Gasteiger partial charge in [0.05, 0.1) is 16.9 Å². The molecule has 0 radical (unpaired) electrons. The molecular weight excluding hydrogens is 212 g/mol. The van der Waals surface area contributed by atoms with Crippen LogP contribution in [0.2, 0.25) is 5.15 Å². The number of anilines is 2. The second kappa shape index (κ2) is 3.55. The van der Waals surface area contributed by atoms with Gasteiger partial charge in [-0.1, -0.05) is 11.6 Å². The molecule has 0 aliphatic rings. The van der Waals surface area contributed by atoms with Crippen molar-refractivity contribution in [3.05, 3.63) is 23.1 Å². The molecule has 4 nitrogen and oxygen atoms in total. The van der Waals surface area contributed by atoms with Crippen LogP contribution in [0.15, 0.2) is 12.1 Å². The Balaban J connectivity index is 2.81. The van der Waals surface area contributed by atoms with E-state index in [-0.39, 0.29) is 0 Å². The van der Waals surface area contributed by atoms with Crippen LogP contribution in [0.5, 0.6) is 0 Å². The molecule has 0 aliphatic heterocycles. The average Bonchev–Trinajstić information content (AvgIpc) is 2.18. The van der Waals surface area contributed by atoms with Crippen molar-refractivity contribution in [2.24, 2.45) is 0 Å². The molecule has 1 aromatic heterocycles. The van der Waals surface area contributed by atoms with Gasteiger partial charge in [-0.05, 0) is 19.1 Å². The van der Waals surface area contributed by atoms with E-state index < -0.39 is 0 Å². The van der Waals surface area contributed by atoms with Gasteiger partial charge >= 0.3 is 0 Å². The Labute approximate surface area is 92.5 Å². The van der Waals surface area contributed by atoms with Gasteiger partial charge in [0.15, 0.2) is 0 Å². The molecule has 0 unspecified atom stereocenters. The highest BCUT2D eigenvalue weighted by molar-refractivity contribution is 6.34. The van der Waals surface area contributed by atoms with Gasteiger partial charge in [-0.3, -0.25) is 0 Å². The van der Waals surface area contributed by atoms with Gasteiger partial charge in [-0.15, -0.1) is 0 Å². The molecule has 78 valence electrons. The molecule has 0 bridgehead atoms. The highest BCUT2D eigenvalue weighted by Gasteiger charge is 2.06. The quantitative estimate of drug-likeness (QED) is 0.574. The van der Waals surface area contributed by atoms with Gasteiger partial charge in [0.1, 0.15) is 11.0 Å². The van der Waals surface area contributed by atoms with Gasteiger partial charge in [0.25, 0.3) is 0 Å². The van der Waals surface area contributed by atoms with Crippen molar-refractivity contribution in [1.29, 1.82) is 0 Å². The molecule has 0 aliphatic carbocycles. The molecule has 5 heteroatoms. The lowest BCUT2D eigenvalue weighted by molar-refractivity contribution is 1.09. The molecule has 2 aromatic rings. The largest absolute Gasteiger partial charge is 0.397 e. The summed E-state index contributed by atoms with van der Waals surface area (Å²) in [7, 11) is 1.81. The maximum absolute atomic E-state index is 6.00. The molecule has 0 atom stereocenters. The summed E-state index contributed by atoms with van der Waals surface area (Å²) in [6, 6.07) is 3.65. The van der Waals surface area contributed by atoms with E-state index in [2.05, 4.69) is 15.3 Å². The van der Waals surface area contributed by atoms with Gasteiger partial charge < -0.3 is 11.1 Å². The molecule has 2 rings (SSSR count). The van der Waals surface area contributed by atoms with Crippen molar-refractivity contribution < 1.29 is 0 Å². The summed E-state index contributed by atoms with van der Waals surface area (Å²) >= 11 is 6.00. The first kappa shape index (κ1) is 9.98. The zero-order valence-electron chi connectivity index (χ0n) is 8.50. The summed E-state index contributed by atoms with van der Waals surface area (Å²) in [5.74, 6) is 0.652.